The first kappa shape index (κ1) is 21.7. The fourth-order valence-electron chi connectivity index (χ4n) is 2.17. The molecule has 0 atom stereocenters. The van der Waals surface area contributed by atoms with Crippen molar-refractivity contribution in [2.45, 2.75) is 4.34 Å². The summed E-state index contributed by atoms with van der Waals surface area (Å²) >= 11 is 19.5. The van der Waals surface area contributed by atoms with E-state index in [2.05, 4.69) is 10.4 Å². The standard InChI is InChI=1S/C16H9Cl2FN4O3S3/c17-10-3-2-9(6-11(10)18)22-16(27)29-15(21-22)28-7-14(24)20-12-4-1-8(19)5-13(12)23(25)26/h1-6H,7H2,(H,20,24). The molecule has 1 N–H and O–H groups in total. The summed E-state index contributed by atoms with van der Waals surface area (Å²) in [6, 6.07) is 7.86. The van der Waals surface area contributed by atoms with Crippen molar-refractivity contribution in [3.8, 4) is 5.69 Å². The highest BCUT2D eigenvalue weighted by molar-refractivity contribution is 8.01. The maximum absolute atomic E-state index is 13.2. The molecule has 0 aliphatic heterocycles. The van der Waals surface area contributed by atoms with E-state index < -0.39 is 22.3 Å². The number of carbonyl (C=O) groups is 1. The molecule has 0 unspecified atom stereocenters. The molecule has 1 heterocycles. The van der Waals surface area contributed by atoms with E-state index in [1.165, 1.54) is 16.0 Å². The number of benzene rings is 2. The van der Waals surface area contributed by atoms with Gasteiger partial charge in [0.2, 0.25) is 5.91 Å². The Bertz CT molecular complexity index is 1170. The van der Waals surface area contributed by atoms with Crippen molar-refractivity contribution >= 4 is 75.8 Å². The van der Waals surface area contributed by atoms with Gasteiger partial charge in [-0.25, -0.2) is 9.07 Å². The van der Waals surface area contributed by atoms with Gasteiger partial charge < -0.3 is 5.32 Å². The highest BCUT2D eigenvalue weighted by atomic mass is 35.5. The zero-order chi connectivity index (χ0) is 21.1. The van der Waals surface area contributed by atoms with Crippen molar-refractivity contribution in [3.63, 3.8) is 0 Å². The first-order valence-electron chi connectivity index (χ1n) is 7.67. The second-order valence-electron chi connectivity index (χ2n) is 5.40. The SMILES string of the molecule is O=C(CSc1nn(-c2ccc(Cl)c(Cl)c2)c(=S)s1)Nc1ccc(F)cc1[N+](=O)[O-]. The summed E-state index contributed by atoms with van der Waals surface area (Å²) in [6.45, 7) is 0. The lowest BCUT2D eigenvalue weighted by Crippen LogP contribution is -2.15. The van der Waals surface area contributed by atoms with Crippen molar-refractivity contribution in [1.29, 1.82) is 0 Å². The minimum atomic E-state index is -0.768. The van der Waals surface area contributed by atoms with E-state index in [4.69, 9.17) is 35.4 Å². The van der Waals surface area contributed by atoms with Gasteiger partial charge in [0, 0.05) is 0 Å². The molecule has 0 saturated carbocycles. The van der Waals surface area contributed by atoms with Crippen LogP contribution in [0.1, 0.15) is 0 Å². The summed E-state index contributed by atoms with van der Waals surface area (Å²) in [5.41, 5.74) is 0.0118. The first-order chi connectivity index (χ1) is 13.7. The fraction of sp³-hybridized carbons (Fsp3) is 0.0625. The molecule has 13 heteroatoms. The highest BCUT2D eigenvalue weighted by Gasteiger charge is 2.17. The Morgan fingerprint density at radius 2 is 2.07 bits per heavy atom. The van der Waals surface area contributed by atoms with Crippen LogP contribution < -0.4 is 5.32 Å². The molecule has 0 spiro atoms. The van der Waals surface area contributed by atoms with Crippen LogP contribution in [0.25, 0.3) is 5.69 Å². The van der Waals surface area contributed by atoms with Crippen LogP contribution in [0, 0.1) is 19.9 Å². The van der Waals surface area contributed by atoms with E-state index in [1.807, 2.05) is 0 Å². The molecule has 29 heavy (non-hydrogen) atoms. The third-order valence-corrected chi connectivity index (χ3v) is 6.54. The molecule has 0 aliphatic rings. The van der Waals surface area contributed by atoms with Gasteiger partial charge >= 0.3 is 0 Å². The minimum absolute atomic E-state index is 0.0712. The molecular weight excluding hydrogens is 482 g/mol. The zero-order valence-corrected chi connectivity index (χ0v) is 18.1. The molecule has 3 aromatic rings. The molecule has 3 rings (SSSR count). The normalized spacial score (nSPS) is 10.7. The van der Waals surface area contributed by atoms with Gasteiger partial charge in [-0.3, -0.25) is 14.9 Å². The summed E-state index contributed by atoms with van der Waals surface area (Å²) in [4.78, 5) is 22.4. The number of nitro benzene ring substituents is 1. The predicted molar refractivity (Wildman–Crippen MR) is 115 cm³/mol. The van der Waals surface area contributed by atoms with Gasteiger partial charge in [-0.2, -0.15) is 0 Å². The molecule has 2 aromatic carbocycles. The summed E-state index contributed by atoms with van der Waals surface area (Å²) in [6.07, 6.45) is 0. The van der Waals surface area contributed by atoms with E-state index in [-0.39, 0.29) is 11.4 Å². The number of hydrogen-bond donors (Lipinski definition) is 1. The quantitative estimate of drug-likeness (QED) is 0.205. The van der Waals surface area contributed by atoms with E-state index in [0.717, 1.165) is 30.0 Å². The summed E-state index contributed by atoms with van der Waals surface area (Å²) < 4.78 is 15.6. The molecule has 0 bridgehead atoms. The Morgan fingerprint density at radius 3 is 2.76 bits per heavy atom. The number of nitrogens with zero attached hydrogens (tertiary/aromatic N) is 3. The van der Waals surface area contributed by atoms with Gasteiger partial charge in [0.15, 0.2) is 8.29 Å². The van der Waals surface area contributed by atoms with Crippen LogP contribution in [0.4, 0.5) is 15.8 Å². The number of amides is 1. The topological polar surface area (TPSA) is 90.1 Å². The van der Waals surface area contributed by atoms with Gasteiger partial charge in [-0.05, 0) is 42.5 Å². The van der Waals surface area contributed by atoms with Crippen molar-refractivity contribution in [2.75, 3.05) is 11.1 Å². The Hall–Kier alpha value is -2.05. The Kier molecular flexibility index (Phi) is 6.85. The van der Waals surface area contributed by atoms with Crippen LogP contribution in [0.5, 0.6) is 0 Å². The lowest BCUT2D eigenvalue weighted by Gasteiger charge is -2.05. The number of carbonyl (C=O) groups excluding carboxylic acids is 1. The van der Waals surface area contributed by atoms with E-state index in [9.17, 15) is 19.3 Å². The van der Waals surface area contributed by atoms with Crippen molar-refractivity contribution in [3.05, 3.63) is 66.3 Å². The maximum Gasteiger partial charge on any atom is 0.295 e. The number of rotatable bonds is 6. The number of thioether (sulfide) groups is 1. The molecule has 0 aliphatic carbocycles. The minimum Gasteiger partial charge on any atom is -0.320 e. The summed E-state index contributed by atoms with van der Waals surface area (Å²) in [5.74, 6) is -1.35. The Balaban J connectivity index is 1.69. The largest absolute Gasteiger partial charge is 0.320 e. The zero-order valence-electron chi connectivity index (χ0n) is 14.1. The molecule has 1 amide bonds. The van der Waals surface area contributed by atoms with Gasteiger partial charge in [0.25, 0.3) is 5.69 Å². The lowest BCUT2D eigenvalue weighted by molar-refractivity contribution is -0.384. The molecule has 150 valence electrons. The van der Waals surface area contributed by atoms with E-state index >= 15 is 0 Å². The van der Waals surface area contributed by atoms with Gasteiger partial charge in [0.05, 0.1) is 32.5 Å². The Morgan fingerprint density at radius 1 is 1.31 bits per heavy atom. The van der Waals surface area contributed by atoms with Crippen LogP contribution in [-0.4, -0.2) is 26.4 Å². The average molecular weight is 491 g/mol. The van der Waals surface area contributed by atoms with Crippen LogP contribution >= 0.6 is 58.5 Å². The van der Waals surface area contributed by atoms with Crippen LogP contribution in [0.2, 0.25) is 10.0 Å². The lowest BCUT2D eigenvalue weighted by atomic mass is 10.2. The van der Waals surface area contributed by atoms with Gasteiger partial charge in [-0.15, -0.1) is 5.10 Å². The van der Waals surface area contributed by atoms with Crippen molar-refractivity contribution < 1.29 is 14.1 Å². The van der Waals surface area contributed by atoms with Crippen LogP contribution in [-0.2, 0) is 4.79 Å². The van der Waals surface area contributed by atoms with Gasteiger partial charge in [0.1, 0.15) is 11.5 Å². The first-order valence-corrected chi connectivity index (χ1v) is 10.6. The predicted octanol–water partition coefficient (Wildman–Crippen LogP) is 5.75. The second kappa shape index (κ2) is 9.18. The third kappa shape index (κ3) is 5.31. The van der Waals surface area contributed by atoms with E-state index in [1.54, 1.807) is 18.2 Å². The molecule has 0 saturated heterocycles. The highest BCUT2D eigenvalue weighted by Crippen LogP contribution is 2.29. The summed E-state index contributed by atoms with van der Waals surface area (Å²) in [7, 11) is 0. The number of nitrogens with one attached hydrogen (secondary N) is 1. The summed E-state index contributed by atoms with van der Waals surface area (Å²) in [5, 5.41) is 18.5. The second-order valence-corrected chi connectivity index (χ2v) is 9.06. The molecule has 7 nitrogen and oxygen atoms in total. The van der Waals surface area contributed by atoms with Crippen LogP contribution in [0.15, 0.2) is 40.7 Å². The van der Waals surface area contributed by atoms with Crippen LogP contribution in [0.3, 0.4) is 0 Å². The maximum atomic E-state index is 13.2. The molecular formula is C16H9Cl2FN4O3S3. The number of halogens is 3. The molecule has 0 radical (unpaired) electrons. The molecule has 1 aromatic heterocycles. The van der Waals surface area contributed by atoms with Crippen molar-refractivity contribution in [2.24, 2.45) is 0 Å². The van der Waals surface area contributed by atoms with E-state index in [0.29, 0.717) is 24.0 Å². The smallest absolute Gasteiger partial charge is 0.295 e. The third-order valence-electron chi connectivity index (χ3n) is 3.43. The van der Waals surface area contributed by atoms with Crippen molar-refractivity contribution in [1.82, 2.24) is 9.78 Å². The number of aromatic nitrogens is 2. The number of nitro groups is 1. The fourth-order valence-corrected chi connectivity index (χ4v) is 4.63. The molecule has 0 fully saturated rings. The Labute approximate surface area is 186 Å². The number of hydrogen-bond acceptors (Lipinski definition) is 7. The number of anilines is 1. The average Bonchev–Trinajstić information content (AvgIpc) is 3.04. The monoisotopic (exact) mass is 490 g/mol. The van der Waals surface area contributed by atoms with Gasteiger partial charge in [-0.1, -0.05) is 46.3 Å².